The summed E-state index contributed by atoms with van der Waals surface area (Å²) >= 11 is 0. The Kier molecular flexibility index (Phi) is 6.47. The summed E-state index contributed by atoms with van der Waals surface area (Å²) in [5.74, 6) is -1.15. The molecule has 0 bridgehead atoms. The normalized spacial score (nSPS) is 11.9. The molecule has 0 aromatic rings. The van der Waals surface area contributed by atoms with Crippen LogP contribution in [0.1, 0.15) is 19.8 Å². The van der Waals surface area contributed by atoms with E-state index in [4.69, 9.17) is 15.6 Å². The molecule has 0 aromatic carbocycles. The molecule has 0 rings (SSSR count). The highest BCUT2D eigenvalue weighted by Crippen LogP contribution is 1.88. The molecule has 6 heteroatoms. The average Bonchev–Trinajstić information content (AvgIpc) is 2.14. The van der Waals surface area contributed by atoms with Crippen LogP contribution in [0.15, 0.2) is 0 Å². The van der Waals surface area contributed by atoms with Crippen LogP contribution in [0.25, 0.3) is 0 Å². The monoisotopic (exact) mass is 204 g/mol. The van der Waals surface area contributed by atoms with Gasteiger partial charge in [-0.2, -0.15) is 0 Å². The van der Waals surface area contributed by atoms with Gasteiger partial charge in [0.05, 0.1) is 6.61 Å². The lowest BCUT2D eigenvalue weighted by Gasteiger charge is -2.08. The number of carboxylic acid groups (broad SMARTS) is 1. The van der Waals surface area contributed by atoms with Gasteiger partial charge >= 0.3 is 12.1 Å². The lowest BCUT2D eigenvalue weighted by atomic mass is 10.3. The van der Waals surface area contributed by atoms with Gasteiger partial charge in [0.15, 0.2) is 0 Å². The first-order valence-electron chi connectivity index (χ1n) is 4.47. The molecule has 6 nitrogen and oxygen atoms in total. The number of amides is 1. The van der Waals surface area contributed by atoms with Gasteiger partial charge in [0.1, 0.15) is 6.04 Å². The molecule has 0 fully saturated rings. The summed E-state index contributed by atoms with van der Waals surface area (Å²) in [7, 11) is 0. The Morgan fingerprint density at radius 3 is 2.71 bits per heavy atom. The second-order valence-electron chi connectivity index (χ2n) is 2.82. The fraction of sp³-hybridized carbons (Fsp3) is 0.750. The van der Waals surface area contributed by atoms with E-state index in [0.717, 1.165) is 12.8 Å². The molecule has 0 heterocycles. The zero-order valence-electron chi connectivity index (χ0n) is 8.16. The first-order valence-corrected chi connectivity index (χ1v) is 4.47. The zero-order chi connectivity index (χ0) is 11.0. The molecule has 0 radical (unpaired) electrons. The molecule has 82 valence electrons. The number of hydrogen-bond donors (Lipinski definition) is 3. The number of unbranched alkanes of at least 4 members (excludes halogenated alkanes) is 1. The highest BCUT2D eigenvalue weighted by atomic mass is 16.5. The van der Waals surface area contributed by atoms with E-state index in [-0.39, 0.29) is 6.54 Å². The number of aliphatic carboxylic acids is 1. The van der Waals surface area contributed by atoms with Gasteiger partial charge in [-0.15, -0.1) is 0 Å². The van der Waals surface area contributed by atoms with Gasteiger partial charge in [-0.25, -0.2) is 4.79 Å². The Morgan fingerprint density at radius 1 is 1.57 bits per heavy atom. The third-order valence-corrected chi connectivity index (χ3v) is 1.51. The molecule has 0 aromatic heterocycles. The molecule has 14 heavy (non-hydrogen) atoms. The van der Waals surface area contributed by atoms with Crippen molar-refractivity contribution >= 4 is 12.1 Å². The van der Waals surface area contributed by atoms with Gasteiger partial charge in [-0.3, -0.25) is 4.79 Å². The smallest absolute Gasteiger partial charge is 0.407 e. The second kappa shape index (κ2) is 7.14. The average molecular weight is 204 g/mol. The molecule has 0 aliphatic heterocycles. The Hall–Kier alpha value is -1.30. The van der Waals surface area contributed by atoms with Crippen molar-refractivity contribution in [2.24, 2.45) is 5.73 Å². The van der Waals surface area contributed by atoms with Crippen molar-refractivity contribution in [3.63, 3.8) is 0 Å². The molecule has 1 atom stereocenters. The minimum absolute atomic E-state index is 0.125. The van der Waals surface area contributed by atoms with Crippen molar-refractivity contribution in [3.05, 3.63) is 0 Å². The van der Waals surface area contributed by atoms with E-state index in [0.29, 0.717) is 6.61 Å². The van der Waals surface area contributed by atoms with Crippen molar-refractivity contribution in [3.8, 4) is 0 Å². The second-order valence-corrected chi connectivity index (χ2v) is 2.82. The van der Waals surface area contributed by atoms with Gasteiger partial charge in [-0.05, 0) is 6.42 Å². The summed E-state index contributed by atoms with van der Waals surface area (Å²) in [4.78, 5) is 21.1. The van der Waals surface area contributed by atoms with Crippen LogP contribution in [0.5, 0.6) is 0 Å². The van der Waals surface area contributed by atoms with Crippen LogP contribution in [0.4, 0.5) is 4.79 Å². The molecular formula is C8H16N2O4. The lowest BCUT2D eigenvalue weighted by molar-refractivity contribution is -0.138. The van der Waals surface area contributed by atoms with Gasteiger partial charge in [-0.1, -0.05) is 13.3 Å². The quantitative estimate of drug-likeness (QED) is 0.525. The summed E-state index contributed by atoms with van der Waals surface area (Å²) in [5.41, 5.74) is 5.15. The van der Waals surface area contributed by atoms with E-state index >= 15 is 0 Å². The van der Waals surface area contributed by atoms with Gasteiger partial charge in [0, 0.05) is 6.54 Å². The molecule has 1 unspecified atom stereocenters. The van der Waals surface area contributed by atoms with Crippen LogP contribution in [0.3, 0.4) is 0 Å². The van der Waals surface area contributed by atoms with Crippen LogP contribution in [-0.4, -0.2) is 36.4 Å². The summed E-state index contributed by atoms with van der Waals surface area (Å²) in [6, 6.07) is -1.09. The molecule has 0 saturated heterocycles. The van der Waals surface area contributed by atoms with Crippen LogP contribution in [0.2, 0.25) is 0 Å². The molecule has 0 aliphatic rings. The minimum Gasteiger partial charge on any atom is -0.480 e. The number of hydrogen-bond acceptors (Lipinski definition) is 4. The number of carbonyl (C=O) groups excluding carboxylic acids is 1. The predicted octanol–water partition coefficient (Wildman–Crippen LogP) is -0.0754. The topological polar surface area (TPSA) is 102 Å². The molecule has 0 spiro atoms. The van der Waals surface area contributed by atoms with E-state index in [9.17, 15) is 9.59 Å². The van der Waals surface area contributed by atoms with E-state index in [1.807, 2.05) is 6.92 Å². The Bertz CT molecular complexity index is 196. The van der Waals surface area contributed by atoms with Crippen molar-refractivity contribution in [2.75, 3.05) is 13.2 Å². The van der Waals surface area contributed by atoms with Crippen LogP contribution in [0, 0.1) is 0 Å². The first kappa shape index (κ1) is 12.7. The van der Waals surface area contributed by atoms with E-state index in [2.05, 4.69) is 5.32 Å². The number of ether oxygens (including phenoxy) is 1. The predicted molar refractivity (Wildman–Crippen MR) is 49.9 cm³/mol. The third-order valence-electron chi connectivity index (χ3n) is 1.51. The summed E-state index contributed by atoms with van der Waals surface area (Å²) in [5, 5.41) is 10.6. The standard InChI is InChI=1S/C8H16N2O4/c1-2-3-4-14-8(13)10-5-6(9)7(11)12/h6H,2-5,9H2,1H3,(H,10,13)(H,11,12). The first-order chi connectivity index (χ1) is 6.57. The van der Waals surface area contributed by atoms with Gasteiger partial charge < -0.3 is 20.9 Å². The van der Waals surface area contributed by atoms with Crippen molar-refractivity contribution in [1.29, 1.82) is 0 Å². The third kappa shape index (κ3) is 6.24. The van der Waals surface area contributed by atoms with Gasteiger partial charge in [0.2, 0.25) is 0 Å². The molecule has 0 saturated carbocycles. The maximum absolute atomic E-state index is 10.9. The molecular weight excluding hydrogens is 188 g/mol. The number of nitrogens with two attached hydrogens (primary N) is 1. The number of alkyl carbamates (subject to hydrolysis) is 1. The summed E-state index contributed by atoms with van der Waals surface area (Å²) < 4.78 is 4.71. The highest BCUT2D eigenvalue weighted by molar-refractivity contribution is 5.75. The van der Waals surface area contributed by atoms with Crippen molar-refractivity contribution in [1.82, 2.24) is 5.32 Å². The Labute approximate surface area is 82.4 Å². The molecule has 0 aliphatic carbocycles. The molecule has 1 amide bonds. The van der Waals surface area contributed by atoms with Gasteiger partial charge in [0.25, 0.3) is 0 Å². The summed E-state index contributed by atoms with van der Waals surface area (Å²) in [6.45, 7) is 2.19. The number of carbonyl (C=O) groups is 2. The van der Waals surface area contributed by atoms with Crippen LogP contribution >= 0.6 is 0 Å². The Balaban J connectivity index is 3.48. The number of carboxylic acids is 1. The van der Waals surface area contributed by atoms with E-state index in [1.54, 1.807) is 0 Å². The lowest BCUT2D eigenvalue weighted by Crippen LogP contribution is -2.42. The van der Waals surface area contributed by atoms with E-state index in [1.165, 1.54) is 0 Å². The van der Waals surface area contributed by atoms with Crippen molar-refractivity contribution in [2.45, 2.75) is 25.8 Å². The summed E-state index contributed by atoms with van der Waals surface area (Å²) in [6.07, 6.45) is 1.09. The maximum atomic E-state index is 10.9. The minimum atomic E-state index is -1.15. The number of rotatable bonds is 6. The highest BCUT2D eigenvalue weighted by Gasteiger charge is 2.12. The largest absolute Gasteiger partial charge is 0.480 e. The SMILES string of the molecule is CCCCOC(=O)NCC(N)C(=O)O. The van der Waals surface area contributed by atoms with Crippen LogP contribution in [-0.2, 0) is 9.53 Å². The zero-order valence-corrected chi connectivity index (χ0v) is 8.16. The number of nitrogens with one attached hydrogen (secondary N) is 1. The maximum Gasteiger partial charge on any atom is 0.407 e. The van der Waals surface area contributed by atoms with Crippen molar-refractivity contribution < 1.29 is 19.4 Å². The fourth-order valence-corrected chi connectivity index (χ4v) is 0.641. The van der Waals surface area contributed by atoms with Crippen LogP contribution < -0.4 is 11.1 Å². The van der Waals surface area contributed by atoms with E-state index < -0.39 is 18.1 Å². The fourth-order valence-electron chi connectivity index (χ4n) is 0.641. The molecule has 4 N–H and O–H groups in total. The Morgan fingerprint density at radius 2 is 2.21 bits per heavy atom.